The molecule has 1 amide bonds. The molecule has 0 spiro atoms. The van der Waals surface area contributed by atoms with E-state index in [-0.39, 0.29) is 11.7 Å². The van der Waals surface area contributed by atoms with E-state index in [1.807, 2.05) is 12.1 Å². The molecule has 3 aromatic rings. The standard InChI is InChI=1S/C19H15ClFN3OS2/c20-12-3-5-13(6-4-12)24-27-16-9-14(7-8-15(16)21)23-19(25)18-17(11-1-2-11)22-10-26-18/h3-11,24H,1-2H2,(H,23,25). The average Bonchev–Trinajstić information content (AvgIpc) is 3.39. The van der Waals surface area contributed by atoms with Gasteiger partial charge in [0, 0.05) is 22.3 Å². The van der Waals surface area contributed by atoms with E-state index in [4.69, 9.17) is 11.6 Å². The quantitative estimate of drug-likeness (QED) is 0.468. The molecule has 1 aliphatic carbocycles. The summed E-state index contributed by atoms with van der Waals surface area (Å²) in [5.41, 5.74) is 3.91. The van der Waals surface area contributed by atoms with Crippen LogP contribution in [0.5, 0.6) is 0 Å². The Morgan fingerprint density at radius 1 is 1.19 bits per heavy atom. The van der Waals surface area contributed by atoms with Gasteiger partial charge in [0.05, 0.1) is 16.1 Å². The van der Waals surface area contributed by atoms with Crippen LogP contribution in [0.1, 0.15) is 34.1 Å². The number of carbonyl (C=O) groups excluding carboxylic acids is 1. The summed E-state index contributed by atoms with van der Waals surface area (Å²) in [5.74, 6) is -0.163. The molecule has 4 rings (SSSR count). The molecule has 8 heteroatoms. The third-order valence-corrected chi connectivity index (χ3v) is 6.04. The minimum Gasteiger partial charge on any atom is -0.326 e. The zero-order chi connectivity index (χ0) is 18.8. The van der Waals surface area contributed by atoms with Gasteiger partial charge in [0.1, 0.15) is 10.7 Å². The Morgan fingerprint density at radius 2 is 1.93 bits per heavy atom. The van der Waals surface area contributed by atoms with Crippen molar-refractivity contribution < 1.29 is 9.18 Å². The maximum Gasteiger partial charge on any atom is 0.267 e. The van der Waals surface area contributed by atoms with Gasteiger partial charge in [0.25, 0.3) is 5.91 Å². The number of aromatic nitrogens is 1. The smallest absolute Gasteiger partial charge is 0.267 e. The van der Waals surface area contributed by atoms with E-state index in [9.17, 15) is 9.18 Å². The van der Waals surface area contributed by atoms with Crippen LogP contribution in [0.4, 0.5) is 15.8 Å². The highest BCUT2D eigenvalue weighted by atomic mass is 35.5. The van der Waals surface area contributed by atoms with Crippen molar-refractivity contribution in [3.8, 4) is 0 Å². The van der Waals surface area contributed by atoms with Gasteiger partial charge in [-0.3, -0.25) is 4.79 Å². The van der Waals surface area contributed by atoms with E-state index in [1.165, 1.54) is 17.4 Å². The number of rotatable bonds is 6. The molecule has 1 saturated carbocycles. The summed E-state index contributed by atoms with van der Waals surface area (Å²) in [6.45, 7) is 0. The van der Waals surface area contributed by atoms with E-state index >= 15 is 0 Å². The SMILES string of the molecule is O=C(Nc1ccc(F)c(SNc2ccc(Cl)cc2)c1)c1scnc1C1CC1. The van der Waals surface area contributed by atoms with Crippen LogP contribution in [0.25, 0.3) is 0 Å². The fourth-order valence-corrected chi connectivity index (χ4v) is 4.16. The maximum atomic E-state index is 14.1. The lowest BCUT2D eigenvalue weighted by atomic mass is 10.2. The lowest BCUT2D eigenvalue weighted by Crippen LogP contribution is -2.12. The van der Waals surface area contributed by atoms with Crippen molar-refractivity contribution >= 4 is 52.2 Å². The van der Waals surface area contributed by atoms with Crippen molar-refractivity contribution in [2.75, 3.05) is 10.0 Å². The monoisotopic (exact) mass is 419 g/mol. The van der Waals surface area contributed by atoms with Crippen molar-refractivity contribution in [2.24, 2.45) is 0 Å². The van der Waals surface area contributed by atoms with Crippen LogP contribution in [0.15, 0.2) is 52.9 Å². The largest absolute Gasteiger partial charge is 0.326 e. The van der Waals surface area contributed by atoms with E-state index in [2.05, 4.69) is 15.0 Å². The first-order valence-corrected chi connectivity index (χ1v) is 10.4. The number of carbonyl (C=O) groups is 1. The number of hydrogen-bond donors (Lipinski definition) is 2. The minimum atomic E-state index is -0.365. The van der Waals surface area contributed by atoms with Gasteiger partial charge in [-0.05, 0) is 67.3 Å². The Bertz CT molecular complexity index is 973. The highest BCUT2D eigenvalue weighted by Gasteiger charge is 2.30. The Kier molecular flexibility index (Phi) is 5.33. The van der Waals surface area contributed by atoms with Crippen molar-refractivity contribution in [3.05, 3.63) is 69.4 Å². The van der Waals surface area contributed by atoms with Crippen LogP contribution in [-0.2, 0) is 0 Å². The van der Waals surface area contributed by atoms with Gasteiger partial charge in [0.2, 0.25) is 0 Å². The minimum absolute atomic E-state index is 0.201. The fourth-order valence-electron chi connectivity index (χ4n) is 2.55. The van der Waals surface area contributed by atoms with Crippen LogP contribution >= 0.6 is 34.9 Å². The molecular formula is C19H15ClFN3OS2. The van der Waals surface area contributed by atoms with E-state index in [1.54, 1.807) is 29.8 Å². The Balaban J connectivity index is 1.45. The molecule has 4 nitrogen and oxygen atoms in total. The van der Waals surface area contributed by atoms with Crippen molar-refractivity contribution in [2.45, 2.75) is 23.7 Å². The van der Waals surface area contributed by atoms with Gasteiger partial charge in [-0.25, -0.2) is 9.37 Å². The molecule has 0 aliphatic heterocycles. The van der Waals surface area contributed by atoms with Crippen molar-refractivity contribution in [1.29, 1.82) is 0 Å². The Hall–Kier alpha value is -2.09. The van der Waals surface area contributed by atoms with Gasteiger partial charge < -0.3 is 10.0 Å². The van der Waals surface area contributed by atoms with E-state index in [0.717, 1.165) is 36.2 Å². The van der Waals surface area contributed by atoms with Crippen LogP contribution < -0.4 is 10.0 Å². The first-order valence-electron chi connectivity index (χ1n) is 8.33. The summed E-state index contributed by atoms with van der Waals surface area (Å²) >= 11 is 8.33. The lowest BCUT2D eigenvalue weighted by molar-refractivity contribution is 0.102. The number of anilines is 2. The second kappa shape index (κ2) is 7.88. The second-order valence-electron chi connectivity index (χ2n) is 6.15. The lowest BCUT2D eigenvalue weighted by Gasteiger charge is -2.10. The zero-order valence-corrected chi connectivity index (χ0v) is 16.4. The molecule has 0 atom stereocenters. The molecule has 2 N–H and O–H groups in total. The normalized spacial score (nSPS) is 13.4. The zero-order valence-electron chi connectivity index (χ0n) is 14.0. The van der Waals surface area contributed by atoms with Gasteiger partial charge in [-0.1, -0.05) is 11.6 Å². The number of nitrogens with zero attached hydrogens (tertiary/aromatic N) is 1. The molecule has 138 valence electrons. The van der Waals surface area contributed by atoms with Crippen LogP contribution in [0, 0.1) is 5.82 Å². The summed E-state index contributed by atoms with van der Waals surface area (Å²) in [4.78, 5) is 17.9. The predicted molar refractivity (Wildman–Crippen MR) is 109 cm³/mol. The first kappa shape index (κ1) is 18.3. The Morgan fingerprint density at radius 3 is 2.67 bits per heavy atom. The number of benzene rings is 2. The summed E-state index contributed by atoms with van der Waals surface area (Å²) in [5, 5.41) is 3.48. The summed E-state index contributed by atoms with van der Waals surface area (Å²) in [7, 11) is 0. The molecule has 2 aromatic carbocycles. The van der Waals surface area contributed by atoms with Gasteiger partial charge in [-0.15, -0.1) is 11.3 Å². The number of amides is 1. The van der Waals surface area contributed by atoms with Crippen molar-refractivity contribution in [1.82, 2.24) is 4.98 Å². The number of hydrogen-bond acceptors (Lipinski definition) is 5. The number of nitrogens with one attached hydrogen (secondary N) is 2. The summed E-state index contributed by atoms with van der Waals surface area (Å²) in [6, 6.07) is 11.6. The maximum absolute atomic E-state index is 14.1. The van der Waals surface area contributed by atoms with Gasteiger partial charge in [0.15, 0.2) is 0 Å². The van der Waals surface area contributed by atoms with Crippen LogP contribution in [0.2, 0.25) is 5.02 Å². The van der Waals surface area contributed by atoms with Crippen LogP contribution in [-0.4, -0.2) is 10.9 Å². The third-order valence-electron chi connectivity index (χ3n) is 4.08. The highest BCUT2D eigenvalue weighted by molar-refractivity contribution is 8.00. The Labute approximate surface area is 169 Å². The highest BCUT2D eigenvalue weighted by Crippen LogP contribution is 2.42. The summed E-state index contributed by atoms with van der Waals surface area (Å²) in [6.07, 6.45) is 2.16. The topological polar surface area (TPSA) is 54.0 Å². The fraction of sp³-hybridized carbons (Fsp3) is 0.158. The molecule has 0 radical (unpaired) electrons. The van der Waals surface area contributed by atoms with E-state index < -0.39 is 0 Å². The van der Waals surface area contributed by atoms with Crippen LogP contribution in [0.3, 0.4) is 0 Å². The predicted octanol–water partition coefficient (Wildman–Crippen LogP) is 6.18. The van der Waals surface area contributed by atoms with Crippen molar-refractivity contribution in [3.63, 3.8) is 0 Å². The second-order valence-corrected chi connectivity index (χ2v) is 8.29. The molecule has 0 saturated heterocycles. The first-order chi connectivity index (χ1) is 13.1. The van der Waals surface area contributed by atoms with E-state index in [0.29, 0.717) is 26.4 Å². The molecule has 1 fully saturated rings. The number of halogens is 2. The summed E-state index contributed by atoms with van der Waals surface area (Å²) < 4.78 is 17.2. The molecular weight excluding hydrogens is 405 g/mol. The molecule has 1 aliphatic rings. The molecule has 1 aromatic heterocycles. The number of thiazole rings is 1. The van der Waals surface area contributed by atoms with Gasteiger partial charge in [-0.2, -0.15) is 0 Å². The molecule has 0 bridgehead atoms. The third kappa shape index (κ3) is 4.43. The molecule has 1 heterocycles. The average molecular weight is 420 g/mol. The van der Waals surface area contributed by atoms with Gasteiger partial charge >= 0.3 is 0 Å². The molecule has 0 unspecified atom stereocenters. The molecule has 27 heavy (non-hydrogen) atoms.